The number of aromatic hydroxyl groups is 1. The quantitative estimate of drug-likeness (QED) is 0.312. The van der Waals surface area contributed by atoms with Crippen LogP contribution in [0.1, 0.15) is 49.1 Å². The molecule has 0 aromatic heterocycles. The molecule has 3 aromatic rings. The number of benzene rings is 3. The van der Waals surface area contributed by atoms with Crippen molar-refractivity contribution < 1.29 is 37.2 Å². The molecule has 0 aliphatic carbocycles. The molecule has 3 aromatic carbocycles. The van der Waals surface area contributed by atoms with Crippen LogP contribution in [-0.4, -0.2) is 29.0 Å². The Labute approximate surface area is 216 Å². The maximum atomic E-state index is 14.0. The number of rotatable bonds is 3. The molecule has 0 saturated carbocycles. The van der Waals surface area contributed by atoms with Gasteiger partial charge in [-0.3, -0.25) is 0 Å². The van der Waals surface area contributed by atoms with Gasteiger partial charge in [-0.05, 0) is 73.9 Å². The van der Waals surface area contributed by atoms with E-state index in [4.69, 9.17) is 9.47 Å². The molecule has 0 saturated heterocycles. The van der Waals surface area contributed by atoms with Crippen molar-refractivity contribution in [2.24, 2.45) is 0 Å². The van der Waals surface area contributed by atoms with Crippen LogP contribution < -0.4 is 14.8 Å². The number of hydrogen-bond acceptors (Lipinski definition) is 5. The largest absolute Gasteiger partial charge is 0.504 e. The zero-order valence-corrected chi connectivity index (χ0v) is 21.0. The molecule has 0 bridgehead atoms. The topological polar surface area (TPSA) is 71.0 Å². The number of allylic oxidation sites excluding steroid dienone is 1. The van der Waals surface area contributed by atoms with E-state index in [2.05, 4.69) is 5.32 Å². The van der Waals surface area contributed by atoms with Gasteiger partial charge in [0.25, 0.3) is 0 Å². The van der Waals surface area contributed by atoms with Gasteiger partial charge in [-0.2, -0.15) is 13.2 Å². The van der Waals surface area contributed by atoms with Crippen LogP contribution in [-0.2, 0) is 0 Å². The summed E-state index contributed by atoms with van der Waals surface area (Å²) in [6, 6.07) is 9.49. The van der Waals surface area contributed by atoms with E-state index < -0.39 is 23.7 Å². The zero-order valence-electron chi connectivity index (χ0n) is 21.0. The highest BCUT2D eigenvalue weighted by molar-refractivity contribution is 6.02. The fourth-order valence-corrected chi connectivity index (χ4v) is 5.18. The van der Waals surface area contributed by atoms with Crippen LogP contribution in [0.15, 0.2) is 48.5 Å². The number of ether oxygens (including phenoxy) is 2. The van der Waals surface area contributed by atoms with Gasteiger partial charge in [0, 0.05) is 22.4 Å². The van der Waals surface area contributed by atoms with Gasteiger partial charge in [0.05, 0.1) is 18.2 Å². The normalized spacial score (nSPS) is 17.4. The molecule has 0 spiro atoms. The van der Waals surface area contributed by atoms with Crippen LogP contribution >= 0.6 is 0 Å². The molecular weight excluding hydrogens is 502 g/mol. The van der Waals surface area contributed by atoms with Crippen molar-refractivity contribution in [1.82, 2.24) is 0 Å². The molecule has 38 heavy (non-hydrogen) atoms. The van der Waals surface area contributed by atoms with Gasteiger partial charge in [0.2, 0.25) is 0 Å². The molecule has 198 valence electrons. The average molecular weight is 528 g/mol. The fourth-order valence-electron chi connectivity index (χ4n) is 5.18. The molecule has 5 nitrogen and oxygen atoms in total. The first-order valence-electron chi connectivity index (χ1n) is 11.8. The van der Waals surface area contributed by atoms with Crippen molar-refractivity contribution in [3.63, 3.8) is 0 Å². The van der Waals surface area contributed by atoms with E-state index in [1.165, 1.54) is 31.4 Å². The number of aliphatic hydroxyl groups excluding tert-OH is 1. The third-order valence-corrected chi connectivity index (χ3v) is 6.61. The smallest absolute Gasteiger partial charge is 0.418 e. The Morgan fingerprint density at radius 1 is 1.05 bits per heavy atom. The summed E-state index contributed by atoms with van der Waals surface area (Å²) in [6.45, 7) is 5.93. The minimum absolute atomic E-state index is 0.0605. The van der Waals surface area contributed by atoms with Crippen molar-refractivity contribution in [1.29, 1.82) is 0 Å². The first-order chi connectivity index (χ1) is 17.8. The van der Waals surface area contributed by atoms with E-state index in [0.717, 1.165) is 22.9 Å². The van der Waals surface area contributed by atoms with Crippen molar-refractivity contribution in [2.75, 3.05) is 12.4 Å². The van der Waals surface area contributed by atoms with Gasteiger partial charge >= 0.3 is 6.18 Å². The molecule has 5 rings (SSSR count). The van der Waals surface area contributed by atoms with Crippen molar-refractivity contribution in [3.8, 4) is 28.4 Å². The van der Waals surface area contributed by atoms with Gasteiger partial charge in [-0.15, -0.1) is 0 Å². The molecule has 1 atom stereocenters. The Bertz CT molecular complexity index is 1520. The van der Waals surface area contributed by atoms with Crippen LogP contribution in [0.3, 0.4) is 0 Å². The number of alkyl halides is 3. The standard InChI is InChI=1S/C29H25F4NO4/c1-14-13-28(2,3)34-19-8-7-17-24(23(14)19)22(38-21-10-9-20(35)26(37-4)25(17)21)11-15-5-6-16(30)12-18(15)27(36)29(31,32)33/h5-13,27,34-36H,1-4H3. The van der Waals surface area contributed by atoms with Crippen LogP contribution in [0.4, 0.5) is 23.2 Å². The molecule has 0 radical (unpaired) electrons. The van der Waals surface area contributed by atoms with Gasteiger partial charge in [-0.25, -0.2) is 4.39 Å². The molecule has 9 heteroatoms. The second-order valence-electron chi connectivity index (χ2n) is 9.90. The van der Waals surface area contributed by atoms with E-state index in [1.807, 2.05) is 39.0 Å². The molecule has 0 amide bonds. The summed E-state index contributed by atoms with van der Waals surface area (Å²) in [5, 5.41) is 23.9. The number of fused-ring (bicyclic) bond motifs is 5. The van der Waals surface area contributed by atoms with Crippen LogP contribution in [0.25, 0.3) is 28.5 Å². The molecule has 2 heterocycles. The Kier molecular flexibility index (Phi) is 5.94. The second-order valence-corrected chi connectivity index (χ2v) is 9.90. The van der Waals surface area contributed by atoms with E-state index in [9.17, 15) is 27.8 Å². The lowest BCUT2D eigenvalue weighted by molar-refractivity contribution is -0.206. The van der Waals surface area contributed by atoms with E-state index in [-0.39, 0.29) is 28.4 Å². The first-order valence-corrected chi connectivity index (χ1v) is 11.8. The minimum Gasteiger partial charge on any atom is -0.504 e. The third kappa shape index (κ3) is 4.26. The molecule has 1 unspecified atom stereocenters. The number of nitrogens with one attached hydrogen (secondary N) is 1. The third-order valence-electron chi connectivity index (χ3n) is 6.61. The SMILES string of the molecule is COc1c(O)ccc2c1-c1ccc3c(c1C(=Cc1ccc(F)cc1C(O)C(F)(F)F)O2)C(C)=CC(C)(C)N3. The maximum Gasteiger partial charge on any atom is 0.418 e. The molecule has 0 fully saturated rings. The lowest BCUT2D eigenvalue weighted by Crippen LogP contribution is -2.32. The van der Waals surface area contributed by atoms with E-state index in [0.29, 0.717) is 28.5 Å². The van der Waals surface area contributed by atoms with Crippen LogP contribution in [0, 0.1) is 5.82 Å². The van der Waals surface area contributed by atoms with Crippen LogP contribution in [0.2, 0.25) is 0 Å². The van der Waals surface area contributed by atoms with Crippen molar-refractivity contribution >= 4 is 23.1 Å². The predicted molar refractivity (Wildman–Crippen MR) is 137 cm³/mol. The summed E-state index contributed by atoms with van der Waals surface area (Å²) in [4.78, 5) is 0. The number of aliphatic hydroxyl groups is 1. The van der Waals surface area contributed by atoms with Gasteiger partial charge < -0.3 is 25.0 Å². The number of hydrogen-bond donors (Lipinski definition) is 3. The maximum absolute atomic E-state index is 14.0. The second kappa shape index (κ2) is 8.80. The zero-order chi connectivity index (χ0) is 27.6. The number of anilines is 1. The monoisotopic (exact) mass is 527 g/mol. The molecule has 3 N–H and O–H groups in total. The highest BCUT2D eigenvalue weighted by Crippen LogP contribution is 2.54. The van der Waals surface area contributed by atoms with E-state index >= 15 is 0 Å². The molecular formula is C29H25F4NO4. The van der Waals surface area contributed by atoms with Crippen molar-refractivity contribution in [2.45, 2.75) is 38.6 Å². The summed E-state index contributed by atoms with van der Waals surface area (Å²) in [5.41, 5.74) is 3.02. The Hall–Kier alpha value is -3.98. The Morgan fingerprint density at radius 3 is 2.47 bits per heavy atom. The first kappa shape index (κ1) is 25.7. The fraction of sp³-hybridized carbons (Fsp3) is 0.241. The summed E-state index contributed by atoms with van der Waals surface area (Å²) in [6.07, 6.45) is -4.51. The highest BCUT2D eigenvalue weighted by Gasteiger charge is 2.41. The summed E-state index contributed by atoms with van der Waals surface area (Å²) in [7, 11) is 1.41. The molecule has 2 aliphatic rings. The van der Waals surface area contributed by atoms with Gasteiger partial charge in [-0.1, -0.05) is 18.2 Å². The highest BCUT2D eigenvalue weighted by atomic mass is 19.4. The number of phenols is 1. The average Bonchev–Trinajstić information content (AvgIpc) is 2.83. The minimum atomic E-state index is -5.00. The lowest BCUT2D eigenvalue weighted by atomic mass is 9.82. The Balaban J connectivity index is 1.82. The lowest BCUT2D eigenvalue weighted by Gasteiger charge is -2.35. The molecule has 2 aliphatic heterocycles. The summed E-state index contributed by atoms with van der Waals surface area (Å²) >= 11 is 0. The summed E-state index contributed by atoms with van der Waals surface area (Å²) < 4.78 is 66.1. The summed E-state index contributed by atoms with van der Waals surface area (Å²) in [5.74, 6) is -0.337. The predicted octanol–water partition coefficient (Wildman–Crippen LogP) is 7.30. The van der Waals surface area contributed by atoms with Gasteiger partial charge in [0.15, 0.2) is 17.6 Å². The van der Waals surface area contributed by atoms with Crippen molar-refractivity contribution in [3.05, 3.63) is 76.6 Å². The number of phenolic OH excluding ortho intramolecular Hbond substituents is 1. The number of methoxy groups -OCH3 is 1. The Morgan fingerprint density at radius 2 is 1.79 bits per heavy atom. The number of halogens is 4. The van der Waals surface area contributed by atoms with E-state index in [1.54, 1.807) is 0 Å². The van der Waals surface area contributed by atoms with Crippen LogP contribution in [0.5, 0.6) is 17.2 Å². The van der Waals surface area contributed by atoms with Gasteiger partial charge in [0.1, 0.15) is 17.3 Å².